The van der Waals surface area contributed by atoms with Crippen molar-refractivity contribution in [2.24, 2.45) is 0 Å². The maximum absolute atomic E-state index is 12.7. The zero-order valence-electron chi connectivity index (χ0n) is 13.7. The molecule has 0 spiro atoms. The lowest BCUT2D eigenvalue weighted by atomic mass is 9.93. The van der Waals surface area contributed by atoms with Gasteiger partial charge in [0.2, 0.25) is 11.8 Å². The molecule has 23 heavy (non-hydrogen) atoms. The number of nitrogens with one attached hydrogen (secondary N) is 2. The fourth-order valence-corrected chi connectivity index (χ4v) is 3.63. The molecule has 0 radical (unpaired) electrons. The molecule has 1 aromatic carbocycles. The highest BCUT2D eigenvalue weighted by atomic mass is 16.2. The van der Waals surface area contributed by atoms with Crippen LogP contribution in [-0.4, -0.2) is 42.4 Å². The number of likely N-dealkylation sites (N-methyl/N-ethyl adjacent to an activating group) is 1. The molecule has 2 atom stereocenters. The summed E-state index contributed by atoms with van der Waals surface area (Å²) >= 11 is 0. The van der Waals surface area contributed by atoms with Gasteiger partial charge in [0.25, 0.3) is 0 Å². The molecule has 2 aliphatic heterocycles. The molecule has 2 aliphatic rings. The first-order valence-electron chi connectivity index (χ1n) is 8.50. The topological polar surface area (TPSA) is 61.4 Å². The van der Waals surface area contributed by atoms with E-state index < -0.39 is 0 Å². The third-order valence-corrected chi connectivity index (χ3v) is 4.99. The molecule has 2 amide bonds. The number of hydrogen-bond acceptors (Lipinski definition) is 3. The average Bonchev–Trinajstić information content (AvgIpc) is 3.11. The third-order valence-electron chi connectivity index (χ3n) is 4.99. The second-order valence-corrected chi connectivity index (χ2v) is 6.46. The van der Waals surface area contributed by atoms with Crippen molar-refractivity contribution < 1.29 is 9.59 Å². The molecule has 0 aliphatic carbocycles. The van der Waals surface area contributed by atoms with Gasteiger partial charge in [0.1, 0.15) is 6.04 Å². The summed E-state index contributed by atoms with van der Waals surface area (Å²) in [5.74, 6) is 0.00801. The van der Waals surface area contributed by atoms with E-state index in [1.165, 1.54) is 12.0 Å². The van der Waals surface area contributed by atoms with Gasteiger partial charge in [-0.2, -0.15) is 0 Å². The molecule has 2 heterocycles. The summed E-state index contributed by atoms with van der Waals surface area (Å²) in [5, 5.41) is 6.13. The lowest BCUT2D eigenvalue weighted by Crippen LogP contribution is -2.52. The summed E-state index contributed by atoms with van der Waals surface area (Å²) in [6, 6.07) is 8.14. The van der Waals surface area contributed by atoms with Crippen LogP contribution in [0.15, 0.2) is 24.3 Å². The van der Waals surface area contributed by atoms with Crippen LogP contribution in [0, 0.1) is 0 Å². The number of amides is 2. The van der Waals surface area contributed by atoms with Gasteiger partial charge in [-0.05, 0) is 36.9 Å². The normalized spacial score (nSPS) is 23.4. The summed E-state index contributed by atoms with van der Waals surface area (Å²) in [5.41, 5.74) is 2.32. The highest BCUT2D eigenvalue weighted by Crippen LogP contribution is 2.25. The Bertz CT molecular complexity index is 581. The number of hydrogen-bond donors (Lipinski definition) is 2. The minimum absolute atomic E-state index is 0.0770. The summed E-state index contributed by atoms with van der Waals surface area (Å²) in [4.78, 5) is 26.7. The predicted octanol–water partition coefficient (Wildman–Crippen LogP) is 1.22. The summed E-state index contributed by atoms with van der Waals surface area (Å²) in [7, 11) is 1.63. The van der Waals surface area contributed by atoms with Crippen molar-refractivity contribution in [2.45, 2.75) is 50.7 Å². The van der Waals surface area contributed by atoms with Crippen molar-refractivity contribution in [3.8, 4) is 0 Å². The van der Waals surface area contributed by atoms with E-state index in [1.807, 2.05) is 18.2 Å². The van der Waals surface area contributed by atoms with Crippen LogP contribution >= 0.6 is 0 Å². The van der Waals surface area contributed by atoms with Crippen molar-refractivity contribution >= 4 is 11.8 Å². The number of rotatable bonds is 4. The Kier molecular flexibility index (Phi) is 4.96. The molecular formula is C18H25N3O2. The standard InChI is InChI=1S/C18H25N3O2/c1-19-18(23)16-11-13-5-2-3-6-14(13)12-21(16)17(22)9-8-15-7-4-10-20-15/h2-3,5-6,15-16,20H,4,7-12H2,1H3,(H,19,23)/t15-,16-/m0/s1. The first-order valence-corrected chi connectivity index (χ1v) is 8.50. The van der Waals surface area contributed by atoms with Crippen molar-refractivity contribution in [2.75, 3.05) is 13.6 Å². The number of nitrogens with zero attached hydrogens (tertiary/aromatic N) is 1. The zero-order valence-corrected chi connectivity index (χ0v) is 13.7. The van der Waals surface area contributed by atoms with Crippen molar-refractivity contribution in [1.82, 2.24) is 15.5 Å². The Morgan fingerprint density at radius 1 is 1.30 bits per heavy atom. The minimum Gasteiger partial charge on any atom is -0.357 e. The molecule has 0 bridgehead atoms. The van der Waals surface area contributed by atoms with Crippen LogP contribution < -0.4 is 10.6 Å². The molecule has 0 aromatic heterocycles. The predicted molar refractivity (Wildman–Crippen MR) is 88.8 cm³/mol. The van der Waals surface area contributed by atoms with Crippen molar-refractivity contribution in [3.63, 3.8) is 0 Å². The van der Waals surface area contributed by atoms with E-state index >= 15 is 0 Å². The Balaban J connectivity index is 1.71. The molecule has 1 fully saturated rings. The van der Waals surface area contributed by atoms with Crippen LogP contribution in [0.25, 0.3) is 0 Å². The largest absolute Gasteiger partial charge is 0.357 e. The second-order valence-electron chi connectivity index (χ2n) is 6.46. The minimum atomic E-state index is -0.390. The maximum atomic E-state index is 12.7. The third kappa shape index (κ3) is 3.55. The monoisotopic (exact) mass is 315 g/mol. The fraction of sp³-hybridized carbons (Fsp3) is 0.556. The molecule has 5 nitrogen and oxygen atoms in total. The van der Waals surface area contributed by atoms with E-state index in [1.54, 1.807) is 11.9 Å². The molecule has 3 rings (SSSR count). The van der Waals surface area contributed by atoms with Gasteiger partial charge in [0.15, 0.2) is 0 Å². The quantitative estimate of drug-likeness (QED) is 0.878. The van der Waals surface area contributed by atoms with Crippen molar-refractivity contribution in [1.29, 1.82) is 0 Å². The summed E-state index contributed by atoms with van der Waals surface area (Å²) in [6.07, 6.45) is 4.31. The molecule has 2 N–H and O–H groups in total. The van der Waals surface area contributed by atoms with E-state index in [0.717, 1.165) is 24.9 Å². The van der Waals surface area contributed by atoms with Crippen LogP contribution in [-0.2, 0) is 22.6 Å². The summed E-state index contributed by atoms with van der Waals surface area (Å²) < 4.78 is 0. The van der Waals surface area contributed by atoms with E-state index in [4.69, 9.17) is 0 Å². The number of fused-ring (bicyclic) bond motifs is 1. The molecule has 1 aromatic rings. The molecule has 1 saturated heterocycles. The number of benzene rings is 1. The SMILES string of the molecule is CNC(=O)[C@@H]1Cc2ccccc2CN1C(=O)CC[C@@H]1CCCN1. The Morgan fingerprint density at radius 3 is 2.78 bits per heavy atom. The Labute approximate surface area is 137 Å². The first kappa shape index (κ1) is 16.0. The smallest absolute Gasteiger partial charge is 0.242 e. The number of carbonyl (C=O) groups is 2. The van der Waals surface area contributed by atoms with Crippen LogP contribution in [0.4, 0.5) is 0 Å². The van der Waals surface area contributed by atoms with E-state index in [9.17, 15) is 9.59 Å². The maximum Gasteiger partial charge on any atom is 0.242 e. The van der Waals surface area contributed by atoms with Gasteiger partial charge in [-0.3, -0.25) is 9.59 Å². The van der Waals surface area contributed by atoms with Gasteiger partial charge in [0.05, 0.1) is 0 Å². The van der Waals surface area contributed by atoms with E-state index in [-0.39, 0.29) is 17.9 Å². The van der Waals surface area contributed by atoms with Crippen molar-refractivity contribution in [3.05, 3.63) is 35.4 Å². The fourth-order valence-electron chi connectivity index (χ4n) is 3.63. The molecule has 0 unspecified atom stereocenters. The number of carbonyl (C=O) groups excluding carboxylic acids is 2. The van der Waals surface area contributed by atoms with Crippen LogP contribution in [0.1, 0.15) is 36.8 Å². The highest BCUT2D eigenvalue weighted by molar-refractivity contribution is 5.88. The van der Waals surface area contributed by atoms with Gasteiger partial charge in [0, 0.05) is 32.5 Å². The van der Waals surface area contributed by atoms with Gasteiger partial charge < -0.3 is 15.5 Å². The highest BCUT2D eigenvalue weighted by Gasteiger charge is 2.34. The Hall–Kier alpha value is -1.88. The van der Waals surface area contributed by atoms with Gasteiger partial charge in [-0.25, -0.2) is 0 Å². The zero-order chi connectivity index (χ0) is 16.2. The lowest BCUT2D eigenvalue weighted by molar-refractivity contribution is -0.141. The molecule has 5 heteroatoms. The molecule has 124 valence electrons. The van der Waals surface area contributed by atoms with Crippen LogP contribution in [0.2, 0.25) is 0 Å². The first-order chi connectivity index (χ1) is 11.2. The van der Waals surface area contributed by atoms with E-state index in [0.29, 0.717) is 25.4 Å². The Morgan fingerprint density at radius 2 is 2.09 bits per heavy atom. The summed E-state index contributed by atoms with van der Waals surface area (Å²) in [6.45, 7) is 1.59. The van der Waals surface area contributed by atoms with Gasteiger partial charge in [-0.1, -0.05) is 24.3 Å². The van der Waals surface area contributed by atoms with Gasteiger partial charge >= 0.3 is 0 Å². The molecular weight excluding hydrogens is 290 g/mol. The van der Waals surface area contributed by atoms with Crippen LogP contribution in [0.3, 0.4) is 0 Å². The second kappa shape index (κ2) is 7.13. The van der Waals surface area contributed by atoms with E-state index in [2.05, 4.69) is 16.7 Å². The lowest BCUT2D eigenvalue weighted by Gasteiger charge is -2.36. The molecule has 0 saturated carbocycles. The van der Waals surface area contributed by atoms with Crippen LogP contribution in [0.5, 0.6) is 0 Å². The van der Waals surface area contributed by atoms with Gasteiger partial charge in [-0.15, -0.1) is 0 Å². The average molecular weight is 315 g/mol.